The van der Waals surface area contributed by atoms with Gasteiger partial charge in [0.2, 0.25) is 0 Å². The molecule has 1 aliphatic carbocycles. The second-order valence-electron chi connectivity index (χ2n) is 7.93. The minimum absolute atomic E-state index is 0.265. The van der Waals surface area contributed by atoms with Gasteiger partial charge in [0, 0.05) is 22.6 Å². The highest BCUT2D eigenvalue weighted by molar-refractivity contribution is 6.34. The van der Waals surface area contributed by atoms with Gasteiger partial charge in [0.15, 0.2) is 0 Å². The van der Waals surface area contributed by atoms with Crippen molar-refractivity contribution in [3.05, 3.63) is 93.0 Å². The number of halogens is 2. The predicted molar refractivity (Wildman–Crippen MR) is 124 cm³/mol. The summed E-state index contributed by atoms with van der Waals surface area (Å²) >= 11 is 12.1. The minimum atomic E-state index is -0.923. The number of aryl methyl sites for hydroxylation is 1. The van der Waals surface area contributed by atoms with Gasteiger partial charge < -0.3 is 15.5 Å². The molecule has 0 heterocycles. The monoisotopic (exact) mass is 455 g/mol. The first-order valence-corrected chi connectivity index (χ1v) is 11.0. The Morgan fingerprint density at radius 1 is 0.968 bits per heavy atom. The Kier molecular flexibility index (Phi) is 6.63. The number of nitrogens with one attached hydrogen (secondary N) is 1. The predicted octanol–water partition coefficient (Wildman–Crippen LogP) is 5.54. The number of carboxylic acids is 1. The van der Waals surface area contributed by atoms with Crippen LogP contribution in [0.3, 0.4) is 0 Å². The lowest BCUT2D eigenvalue weighted by Crippen LogP contribution is -2.37. The molecule has 3 aromatic rings. The summed E-state index contributed by atoms with van der Waals surface area (Å²) in [7, 11) is 0. The maximum absolute atomic E-state index is 11.1. The molecule has 0 radical (unpaired) electrons. The van der Waals surface area contributed by atoms with Crippen molar-refractivity contribution in [2.45, 2.75) is 31.4 Å². The van der Waals surface area contributed by atoms with Gasteiger partial charge >= 0.3 is 5.97 Å². The van der Waals surface area contributed by atoms with Gasteiger partial charge in [-0.05, 0) is 77.4 Å². The van der Waals surface area contributed by atoms with Gasteiger partial charge in [-0.3, -0.25) is 0 Å². The molecule has 3 N–H and O–H groups in total. The molecule has 0 fully saturated rings. The molecule has 31 heavy (non-hydrogen) atoms. The summed E-state index contributed by atoms with van der Waals surface area (Å²) in [6, 6.07) is 18.8. The van der Waals surface area contributed by atoms with Crippen LogP contribution in [0.2, 0.25) is 10.0 Å². The molecule has 0 saturated heterocycles. The smallest absolute Gasteiger partial charge is 0.335 e. The average Bonchev–Trinajstić information content (AvgIpc) is 2.76. The number of hydrogen-bond donors (Lipinski definition) is 3. The Bertz CT molecular complexity index is 1080. The van der Waals surface area contributed by atoms with Gasteiger partial charge in [-0.1, -0.05) is 53.5 Å². The van der Waals surface area contributed by atoms with Crippen LogP contribution in [0.15, 0.2) is 60.7 Å². The van der Waals surface area contributed by atoms with Crippen LogP contribution in [-0.2, 0) is 12.8 Å². The van der Waals surface area contributed by atoms with Crippen LogP contribution in [0.1, 0.15) is 39.6 Å². The van der Waals surface area contributed by atoms with Crippen molar-refractivity contribution in [3.8, 4) is 11.1 Å². The van der Waals surface area contributed by atoms with Gasteiger partial charge in [0.25, 0.3) is 0 Å². The Hall–Kier alpha value is -2.37. The van der Waals surface area contributed by atoms with Crippen LogP contribution >= 0.6 is 23.2 Å². The fourth-order valence-corrected chi connectivity index (χ4v) is 4.62. The maximum atomic E-state index is 11.1. The second kappa shape index (κ2) is 9.41. The number of rotatable bonds is 6. The van der Waals surface area contributed by atoms with Gasteiger partial charge in [0.05, 0.1) is 11.7 Å². The number of aliphatic hydroxyl groups is 1. The van der Waals surface area contributed by atoms with Crippen LogP contribution in [0.5, 0.6) is 0 Å². The standard InChI is InChI=1S/C25H23Cl2NO3/c26-21-10-20(11-22(27)13-21)24(29)14-28-23-8-7-16-3-6-18(9-19(16)12-23)15-1-4-17(5-2-15)25(30)31/h1-6,9-11,13,23-24,28-29H,7-8,12,14H2,(H,30,31)/t23-,24-/m0/s1. The number of carbonyl (C=O) groups is 1. The van der Waals surface area contributed by atoms with Crippen LogP contribution in [-0.4, -0.2) is 28.8 Å². The maximum Gasteiger partial charge on any atom is 0.335 e. The normalized spacial score (nSPS) is 16.5. The van der Waals surface area contributed by atoms with E-state index in [0.717, 1.165) is 30.4 Å². The molecule has 0 spiro atoms. The summed E-state index contributed by atoms with van der Waals surface area (Å²) in [6.45, 7) is 0.424. The highest BCUT2D eigenvalue weighted by atomic mass is 35.5. The molecule has 0 bridgehead atoms. The summed E-state index contributed by atoms with van der Waals surface area (Å²) in [6.07, 6.45) is 2.17. The van der Waals surface area contributed by atoms with E-state index in [4.69, 9.17) is 28.3 Å². The zero-order valence-electron chi connectivity index (χ0n) is 16.8. The second-order valence-corrected chi connectivity index (χ2v) is 8.81. The molecule has 4 nitrogen and oxygen atoms in total. The van der Waals surface area contributed by atoms with E-state index in [2.05, 4.69) is 23.5 Å². The first-order chi connectivity index (χ1) is 14.9. The molecule has 0 amide bonds. The van der Waals surface area contributed by atoms with Crippen LogP contribution in [0.25, 0.3) is 11.1 Å². The lowest BCUT2D eigenvalue weighted by atomic mass is 9.86. The third-order valence-corrected chi connectivity index (χ3v) is 6.21. The number of benzene rings is 3. The molecule has 3 aromatic carbocycles. The highest BCUT2D eigenvalue weighted by Crippen LogP contribution is 2.29. The first-order valence-electron chi connectivity index (χ1n) is 10.2. The van der Waals surface area contributed by atoms with Crippen LogP contribution < -0.4 is 5.32 Å². The summed E-state index contributed by atoms with van der Waals surface area (Å²) in [4.78, 5) is 11.1. The van der Waals surface area contributed by atoms with E-state index in [9.17, 15) is 9.90 Å². The lowest BCUT2D eigenvalue weighted by Gasteiger charge is -2.27. The van der Waals surface area contributed by atoms with Gasteiger partial charge in [-0.2, -0.15) is 0 Å². The lowest BCUT2D eigenvalue weighted by molar-refractivity contribution is 0.0697. The number of aromatic carboxylic acids is 1. The van der Waals surface area contributed by atoms with E-state index in [0.29, 0.717) is 22.2 Å². The Morgan fingerprint density at radius 2 is 1.65 bits per heavy atom. The third kappa shape index (κ3) is 5.28. The number of fused-ring (bicyclic) bond motifs is 1. The van der Waals surface area contributed by atoms with Crippen molar-refractivity contribution in [2.24, 2.45) is 0 Å². The summed E-state index contributed by atoms with van der Waals surface area (Å²) in [5, 5.41) is 24.1. The quantitative estimate of drug-likeness (QED) is 0.456. The van der Waals surface area contributed by atoms with E-state index < -0.39 is 12.1 Å². The Labute approximate surface area is 191 Å². The van der Waals surface area contributed by atoms with Crippen molar-refractivity contribution in [3.63, 3.8) is 0 Å². The Morgan fingerprint density at radius 3 is 2.32 bits per heavy atom. The largest absolute Gasteiger partial charge is 0.478 e. The van der Waals surface area contributed by atoms with E-state index in [-0.39, 0.29) is 11.6 Å². The first kappa shape index (κ1) is 21.8. The summed E-state index contributed by atoms with van der Waals surface area (Å²) in [5.41, 5.74) is 5.68. The van der Waals surface area contributed by atoms with E-state index in [1.165, 1.54) is 11.1 Å². The zero-order valence-corrected chi connectivity index (χ0v) is 18.3. The summed E-state index contributed by atoms with van der Waals surface area (Å²) in [5.74, 6) is -0.923. The molecule has 0 aromatic heterocycles. The molecular formula is C25H23Cl2NO3. The summed E-state index contributed by atoms with van der Waals surface area (Å²) < 4.78 is 0. The molecular weight excluding hydrogens is 433 g/mol. The van der Waals surface area contributed by atoms with Crippen LogP contribution in [0, 0.1) is 0 Å². The highest BCUT2D eigenvalue weighted by Gasteiger charge is 2.20. The Balaban J connectivity index is 1.43. The minimum Gasteiger partial charge on any atom is -0.478 e. The molecule has 6 heteroatoms. The molecule has 0 unspecified atom stereocenters. The van der Waals surface area contributed by atoms with Crippen molar-refractivity contribution >= 4 is 29.2 Å². The van der Waals surface area contributed by atoms with E-state index in [1.54, 1.807) is 30.3 Å². The molecule has 0 saturated carbocycles. The van der Waals surface area contributed by atoms with Crippen molar-refractivity contribution in [1.29, 1.82) is 0 Å². The average molecular weight is 456 g/mol. The van der Waals surface area contributed by atoms with E-state index >= 15 is 0 Å². The molecule has 0 aliphatic heterocycles. The number of hydrogen-bond acceptors (Lipinski definition) is 3. The zero-order chi connectivity index (χ0) is 22.0. The van der Waals surface area contributed by atoms with Crippen molar-refractivity contribution in [2.75, 3.05) is 6.54 Å². The topological polar surface area (TPSA) is 69.6 Å². The van der Waals surface area contributed by atoms with Crippen molar-refractivity contribution in [1.82, 2.24) is 5.32 Å². The van der Waals surface area contributed by atoms with E-state index in [1.807, 2.05) is 12.1 Å². The third-order valence-electron chi connectivity index (χ3n) is 5.77. The van der Waals surface area contributed by atoms with Crippen molar-refractivity contribution < 1.29 is 15.0 Å². The molecule has 2 atom stereocenters. The SMILES string of the molecule is O=C(O)c1ccc(-c2ccc3c(c2)C[C@@H](NC[C@H](O)c2cc(Cl)cc(Cl)c2)CC3)cc1. The molecule has 4 rings (SSSR count). The van der Waals surface area contributed by atoms with Gasteiger partial charge in [-0.15, -0.1) is 0 Å². The fourth-order valence-electron chi connectivity index (χ4n) is 4.08. The van der Waals surface area contributed by atoms with Crippen LogP contribution in [0.4, 0.5) is 0 Å². The number of aliphatic hydroxyl groups excluding tert-OH is 1. The van der Waals surface area contributed by atoms with Gasteiger partial charge in [-0.25, -0.2) is 4.79 Å². The molecule has 1 aliphatic rings. The molecule has 160 valence electrons. The van der Waals surface area contributed by atoms with Gasteiger partial charge in [0.1, 0.15) is 0 Å². The number of carboxylic acid groups (broad SMARTS) is 1. The fraction of sp³-hybridized carbons (Fsp3) is 0.240.